The van der Waals surface area contributed by atoms with Crippen molar-refractivity contribution in [1.82, 2.24) is 14.8 Å². The Morgan fingerprint density at radius 2 is 2.03 bits per heavy atom. The fraction of sp³-hybridized carbons (Fsp3) is 0.625. The summed E-state index contributed by atoms with van der Waals surface area (Å²) in [5.74, 6) is -0.317. The zero-order valence-corrected chi connectivity index (χ0v) is 22.3. The lowest BCUT2D eigenvalue weighted by Crippen LogP contribution is -2.48. The third-order valence-electron chi connectivity index (χ3n) is 6.09. The second-order valence-electron chi connectivity index (χ2n) is 8.89. The largest absolute Gasteiger partial charge is 0.388 e. The highest BCUT2D eigenvalue weighted by molar-refractivity contribution is 7.22. The number of benzene rings is 1. The van der Waals surface area contributed by atoms with Gasteiger partial charge in [-0.25, -0.2) is 4.98 Å². The van der Waals surface area contributed by atoms with E-state index in [1.807, 2.05) is 12.1 Å². The third-order valence-corrected chi connectivity index (χ3v) is 7.26. The summed E-state index contributed by atoms with van der Waals surface area (Å²) in [5, 5.41) is 24.8. The van der Waals surface area contributed by atoms with Gasteiger partial charge in [0.15, 0.2) is 5.13 Å². The quantitative estimate of drug-likeness (QED) is 0.535. The lowest BCUT2D eigenvalue weighted by atomic mass is 10.1. The highest BCUT2D eigenvalue weighted by Gasteiger charge is 2.29. The molecule has 12 heteroatoms. The van der Waals surface area contributed by atoms with Crippen molar-refractivity contribution >= 4 is 50.1 Å². The van der Waals surface area contributed by atoms with E-state index in [1.165, 1.54) is 25.4 Å². The molecule has 1 aromatic carbocycles. The fourth-order valence-corrected chi connectivity index (χ4v) is 5.23. The van der Waals surface area contributed by atoms with Crippen LogP contribution in [0.15, 0.2) is 18.2 Å². The number of carbonyl (C=O) groups is 2. The van der Waals surface area contributed by atoms with Gasteiger partial charge in [0, 0.05) is 45.3 Å². The Kier molecular flexibility index (Phi) is 11.3. The number of hydrogen-bond donors (Lipinski definition) is 3. The number of aromatic nitrogens is 1. The number of rotatable bonds is 4. The second-order valence-corrected chi connectivity index (χ2v) is 10.4. The number of aliphatic hydroxyl groups excluding tert-OH is 2. The van der Waals surface area contributed by atoms with Gasteiger partial charge in [0.2, 0.25) is 11.8 Å². The first kappa shape index (κ1) is 28.7. The summed E-state index contributed by atoms with van der Waals surface area (Å²) < 4.78 is 11.8. The van der Waals surface area contributed by atoms with Crippen molar-refractivity contribution < 1.29 is 29.3 Å². The molecule has 0 radical (unpaired) electrons. The minimum absolute atomic E-state index is 0.0272. The van der Waals surface area contributed by atoms with Crippen LogP contribution in [0, 0.1) is 0 Å². The summed E-state index contributed by atoms with van der Waals surface area (Å²) in [6.45, 7) is 3.92. The van der Waals surface area contributed by atoms with Crippen molar-refractivity contribution in [1.29, 1.82) is 0 Å². The number of carbonyl (C=O) groups excluding carboxylic acids is 2. The smallest absolute Gasteiger partial charge is 0.240 e. The summed E-state index contributed by atoms with van der Waals surface area (Å²) in [6.07, 6.45) is -0.871. The molecule has 1 fully saturated rings. The first-order valence-electron chi connectivity index (χ1n) is 12.1. The summed E-state index contributed by atoms with van der Waals surface area (Å²) in [4.78, 5) is 33.1. The molecule has 36 heavy (non-hydrogen) atoms. The van der Waals surface area contributed by atoms with E-state index in [4.69, 9.17) is 21.1 Å². The Bertz CT molecular complexity index is 1010. The number of thiazole rings is 1. The van der Waals surface area contributed by atoms with E-state index in [1.54, 1.807) is 11.0 Å². The maximum absolute atomic E-state index is 12.8. The molecule has 200 valence electrons. The molecule has 0 aliphatic carbocycles. The number of aliphatic hydroxyl groups is 2. The average Bonchev–Trinajstić information content (AvgIpc) is 3.22. The lowest BCUT2D eigenvalue weighted by Gasteiger charge is -2.31. The summed E-state index contributed by atoms with van der Waals surface area (Å²) in [7, 11) is 1.44. The van der Waals surface area contributed by atoms with Crippen LogP contribution in [-0.2, 0) is 19.1 Å². The number of nitrogens with zero attached hydrogens (tertiary/aromatic N) is 3. The molecule has 10 nitrogen and oxygen atoms in total. The molecule has 1 aliphatic rings. The van der Waals surface area contributed by atoms with Crippen LogP contribution < -0.4 is 5.32 Å². The number of fused-ring (bicyclic) bond motifs is 1. The molecule has 0 spiro atoms. The van der Waals surface area contributed by atoms with Crippen molar-refractivity contribution in [3.8, 4) is 0 Å². The molecule has 2 heterocycles. The molecule has 3 N–H and O–H groups in total. The number of anilines is 1. The minimum Gasteiger partial charge on any atom is -0.388 e. The Labute approximate surface area is 220 Å². The van der Waals surface area contributed by atoms with Gasteiger partial charge >= 0.3 is 0 Å². The number of methoxy groups -OCH3 is 1. The molecular formula is C24H35ClN4O6S. The first-order valence-corrected chi connectivity index (χ1v) is 13.3. The van der Waals surface area contributed by atoms with Crippen LogP contribution in [-0.4, -0.2) is 108 Å². The van der Waals surface area contributed by atoms with Gasteiger partial charge in [-0.2, -0.15) is 0 Å². The Morgan fingerprint density at radius 3 is 2.78 bits per heavy atom. The molecule has 0 saturated carbocycles. The number of ether oxygens (including phenoxy) is 2. The predicted octanol–water partition coefficient (Wildman–Crippen LogP) is 1.98. The Balaban J connectivity index is 1.62. The number of halogens is 1. The van der Waals surface area contributed by atoms with Gasteiger partial charge in [-0.3, -0.25) is 14.5 Å². The van der Waals surface area contributed by atoms with Gasteiger partial charge in [-0.15, -0.1) is 0 Å². The van der Waals surface area contributed by atoms with Crippen molar-refractivity contribution in [2.45, 2.75) is 44.5 Å². The number of nitrogens with one attached hydrogen (secondary N) is 1. The standard InChI is InChI=1S/C24H35ClN4O6S/c1-16(30)29-10-5-9-28(8-3-4-11-35-15-19(31)23(33)20(13-29)34-2)14-22(32)27-24-26-18-7-6-17(25)12-21(18)36-24/h6-7,12,19-20,23,31,33H,3-5,8-11,13-15H2,1-2H3,(H,26,27,32)/t19-,20-,23-/m0/s1. The van der Waals surface area contributed by atoms with Crippen LogP contribution in [0.3, 0.4) is 0 Å². The van der Waals surface area contributed by atoms with Crippen molar-refractivity contribution in [3.05, 3.63) is 23.2 Å². The molecule has 1 saturated heterocycles. The van der Waals surface area contributed by atoms with Crippen LogP contribution in [0.4, 0.5) is 5.13 Å². The maximum Gasteiger partial charge on any atom is 0.240 e. The summed E-state index contributed by atoms with van der Waals surface area (Å²) >= 11 is 7.42. The monoisotopic (exact) mass is 542 g/mol. The highest BCUT2D eigenvalue weighted by atomic mass is 35.5. The Morgan fingerprint density at radius 1 is 1.25 bits per heavy atom. The van der Waals surface area contributed by atoms with E-state index in [0.717, 1.165) is 23.1 Å². The molecule has 0 unspecified atom stereocenters. The molecule has 3 rings (SSSR count). The van der Waals surface area contributed by atoms with Crippen molar-refractivity contribution in [2.75, 3.05) is 58.4 Å². The van der Waals surface area contributed by atoms with Crippen molar-refractivity contribution in [2.24, 2.45) is 0 Å². The molecule has 2 amide bonds. The van der Waals surface area contributed by atoms with Crippen LogP contribution in [0.5, 0.6) is 0 Å². The van der Waals surface area contributed by atoms with Crippen LogP contribution in [0.25, 0.3) is 10.2 Å². The zero-order valence-electron chi connectivity index (χ0n) is 20.7. The van der Waals surface area contributed by atoms with Crippen LogP contribution in [0.2, 0.25) is 5.02 Å². The molecule has 3 atom stereocenters. The van der Waals surface area contributed by atoms with Gasteiger partial charge in [0.05, 0.1) is 23.4 Å². The van der Waals surface area contributed by atoms with Crippen LogP contribution in [0.1, 0.15) is 26.2 Å². The summed E-state index contributed by atoms with van der Waals surface area (Å²) in [5.41, 5.74) is 0.780. The van der Waals surface area contributed by atoms with Gasteiger partial charge in [-0.05, 0) is 44.0 Å². The van der Waals surface area contributed by atoms with E-state index in [9.17, 15) is 19.8 Å². The van der Waals surface area contributed by atoms with Crippen molar-refractivity contribution in [3.63, 3.8) is 0 Å². The summed E-state index contributed by atoms with van der Waals surface area (Å²) in [6, 6.07) is 5.41. The number of hydrogen-bond acceptors (Lipinski definition) is 9. The third kappa shape index (κ3) is 8.62. The van der Waals surface area contributed by atoms with E-state index >= 15 is 0 Å². The minimum atomic E-state index is -1.18. The topological polar surface area (TPSA) is 124 Å². The molecule has 2 aromatic rings. The highest BCUT2D eigenvalue weighted by Crippen LogP contribution is 2.28. The van der Waals surface area contributed by atoms with Gasteiger partial charge in [-0.1, -0.05) is 22.9 Å². The Hall–Kier alpha value is -1.86. The van der Waals surface area contributed by atoms with Gasteiger partial charge < -0.3 is 29.9 Å². The van der Waals surface area contributed by atoms with Gasteiger partial charge in [0.1, 0.15) is 18.3 Å². The zero-order chi connectivity index (χ0) is 26.1. The normalized spacial score (nSPS) is 23.7. The molecule has 0 bridgehead atoms. The van der Waals surface area contributed by atoms with Gasteiger partial charge in [0.25, 0.3) is 0 Å². The second kappa shape index (κ2) is 14.2. The average molecular weight is 543 g/mol. The molecule has 1 aliphatic heterocycles. The van der Waals surface area contributed by atoms with E-state index in [0.29, 0.717) is 42.8 Å². The van der Waals surface area contributed by atoms with E-state index in [2.05, 4.69) is 15.2 Å². The number of amides is 2. The maximum atomic E-state index is 12.8. The van der Waals surface area contributed by atoms with E-state index in [-0.39, 0.29) is 31.5 Å². The predicted molar refractivity (Wildman–Crippen MR) is 139 cm³/mol. The SMILES string of the molecule is CO[C@H]1CN(C(C)=O)CCCN(CC(=O)Nc2nc3ccc(Cl)cc3s2)CCCCOC[C@H](O)[C@@H]1O. The lowest BCUT2D eigenvalue weighted by molar-refractivity contribution is -0.136. The van der Waals surface area contributed by atoms with E-state index < -0.39 is 18.3 Å². The molecule has 1 aromatic heterocycles. The fourth-order valence-electron chi connectivity index (χ4n) is 4.08. The van der Waals surface area contributed by atoms with Crippen LogP contribution >= 0.6 is 22.9 Å². The first-order chi connectivity index (χ1) is 17.3. The molecular weight excluding hydrogens is 508 g/mol.